The van der Waals surface area contributed by atoms with Gasteiger partial charge in [-0.1, -0.05) is 44.7 Å². The molecule has 19 heavy (non-hydrogen) atoms. The highest BCUT2D eigenvalue weighted by atomic mass is 16.5. The molecule has 2 unspecified atom stereocenters. The van der Waals surface area contributed by atoms with E-state index in [2.05, 4.69) is 19.0 Å². The van der Waals surface area contributed by atoms with Crippen molar-refractivity contribution in [3.05, 3.63) is 11.7 Å². The summed E-state index contributed by atoms with van der Waals surface area (Å²) in [6, 6.07) is 0. The number of hydrogen-bond donors (Lipinski definition) is 1. The van der Waals surface area contributed by atoms with Gasteiger partial charge in [0.1, 0.15) is 0 Å². The lowest BCUT2D eigenvalue weighted by Crippen LogP contribution is -2.42. The van der Waals surface area contributed by atoms with Crippen LogP contribution in [-0.2, 0) is 11.0 Å². The van der Waals surface area contributed by atoms with E-state index in [0.717, 1.165) is 37.4 Å². The first-order chi connectivity index (χ1) is 9.02. The predicted octanol–water partition coefficient (Wildman–Crippen LogP) is 3.27. The SMILES string of the molecule is CC1CCCC(N)(c2noc(C3(C)CCCC3)n2)C1. The summed E-state index contributed by atoms with van der Waals surface area (Å²) in [5, 5.41) is 4.22. The number of hydrogen-bond acceptors (Lipinski definition) is 4. The minimum absolute atomic E-state index is 0.0852. The number of nitrogens with zero attached hydrogens (tertiary/aromatic N) is 2. The molecule has 0 spiro atoms. The Morgan fingerprint density at radius 1 is 1.21 bits per heavy atom. The zero-order chi connectivity index (χ0) is 13.5. The predicted molar refractivity (Wildman–Crippen MR) is 73.6 cm³/mol. The van der Waals surface area contributed by atoms with E-state index in [1.807, 2.05) is 0 Å². The largest absolute Gasteiger partial charge is 0.339 e. The number of rotatable bonds is 2. The van der Waals surface area contributed by atoms with Crippen LogP contribution in [0.5, 0.6) is 0 Å². The number of nitrogens with two attached hydrogens (primary N) is 1. The topological polar surface area (TPSA) is 64.9 Å². The Balaban J connectivity index is 1.84. The molecule has 1 heterocycles. The maximum Gasteiger partial charge on any atom is 0.232 e. The van der Waals surface area contributed by atoms with Crippen molar-refractivity contribution in [2.75, 3.05) is 0 Å². The van der Waals surface area contributed by atoms with E-state index < -0.39 is 0 Å². The summed E-state index contributed by atoms with van der Waals surface area (Å²) in [6.07, 6.45) is 9.22. The molecule has 2 atom stereocenters. The van der Waals surface area contributed by atoms with Crippen LogP contribution >= 0.6 is 0 Å². The van der Waals surface area contributed by atoms with Crippen molar-refractivity contribution in [1.82, 2.24) is 10.1 Å². The molecule has 0 aromatic carbocycles. The van der Waals surface area contributed by atoms with Gasteiger partial charge in [-0.05, 0) is 31.6 Å². The van der Waals surface area contributed by atoms with Crippen molar-refractivity contribution in [3.8, 4) is 0 Å². The van der Waals surface area contributed by atoms with Gasteiger partial charge in [0.05, 0.1) is 5.54 Å². The molecule has 0 aliphatic heterocycles. The van der Waals surface area contributed by atoms with E-state index in [0.29, 0.717) is 5.92 Å². The van der Waals surface area contributed by atoms with E-state index in [-0.39, 0.29) is 11.0 Å². The number of aromatic nitrogens is 2. The Labute approximate surface area is 115 Å². The van der Waals surface area contributed by atoms with Crippen molar-refractivity contribution in [3.63, 3.8) is 0 Å². The third-order valence-electron chi connectivity index (χ3n) is 5.13. The summed E-state index contributed by atoms with van der Waals surface area (Å²) in [5.41, 5.74) is 6.26. The van der Waals surface area contributed by atoms with Gasteiger partial charge in [-0.25, -0.2) is 0 Å². The van der Waals surface area contributed by atoms with Crippen LogP contribution in [0.4, 0.5) is 0 Å². The first-order valence-electron chi connectivity index (χ1n) is 7.65. The zero-order valence-electron chi connectivity index (χ0n) is 12.1. The lowest BCUT2D eigenvalue weighted by Gasteiger charge is -2.33. The third kappa shape index (κ3) is 2.31. The molecule has 4 heteroatoms. The smallest absolute Gasteiger partial charge is 0.232 e. The minimum Gasteiger partial charge on any atom is -0.339 e. The highest BCUT2D eigenvalue weighted by Crippen LogP contribution is 2.41. The van der Waals surface area contributed by atoms with Crippen LogP contribution in [0.25, 0.3) is 0 Å². The zero-order valence-corrected chi connectivity index (χ0v) is 12.1. The lowest BCUT2D eigenvalue weighted by atomic mass is 9.76. The first kappa shape index (κ1) is 13.1. The molecule has 0 radical (unpaired) electrons. The molecule has 3 rings (SSSR count). The fourth-order valence-electron chi connectivity index (χ4n) is 3.84. The normalized spacial score (nSPS) is 34.6. The second kappa shape index (κ2) is 4.58. The molecule has 0 saturated heterocycles. The van der Waals surface area contributed by atoms with Crippen molar-refractivity contribution >= 4 is 0 Å². The second-order valence-electron chi connectivity index (χ2n) is 7.05. The van der Waals surface area contributed by atoms with Gasteiger partial charge in [0.2, 0.25) is 5.89 Å². The summed E-state index contributed by atoms with van der Waals surface area (Å²) in [6.45, 7) is 4.50. The van der Waals surface area contributed by atoms with Gasteiger partial charge in [-0.15, -0.1) is 0 Å². The minimum atomic E-state index is -0.367. The average molecular weight is 263 g/mol. The Bertz CT molecular complexity index is 450. The van der Waals surface area contributed by atoms with Crippen molar-refractivity contribution in [2.24, 2.45) is 11.7 Å². The van der Waals surface area contributed by atoms with Crippen molar-refractivity contribution < 1.29 is 4.52 Å². The summed E-state index contributed by atoms with van der Waals surface area (Å²) >= 11 is 0. The molecule has 0 amide bonds. The molecule has 1 aromatic heterocycles. The maximum absolute atomic E-state index is 6.54. The Hall–Kier alpha value is -0.900. The fraction of sp³-hybridized carbons (Fsp3) is 0.867. The maximum atomic E-state index is 6.54. The third-order valence-corrected chi connectivity index (χ3v) is 5.13. The molecule has 2 N–H and O–H groups in total. The lowest BCUT2D eigenvalue weighted by molar-refractivity contribution is 0.220. The molecule has 1 aromatic rings. The summed E-state index contributed by atoms with van der Waals surface area (Å²) in [5.74, 6) is 2.20. The molecule has 2 fully saturated rings. The highest BCUT2D eigenvalue weighted by Gasteiger charge is 2.41. The van der Waals surface area contributed by atoms with Crippen LogP contribution in [0.3, 0.4) is 0 Å². The van der Waals surface area contributed by atoms with Crippen molar-refractivity contribution in [1.29, 1.82) is 0 Å². The van der Waals surface area contributed by atoms with Crippen molar-refractivity contribution in [2.45, 2.75) is 76.2 Å². The molecule has 2 aliphatic rings. The van der Waals surface area contributed by atoms with Gasteiger partial charge in [0.25, 0.3) is 0 Å². The highest BCUT2D eigenvalue weighted by molar-refractivity contribution is 5.11. The molecule has 4 nitrogen and oxygen atoms in total. The van der Waals surface area contributed by atoms with E-state index in [1.165, 1.54) is 25.7 Å². The Morgan fingerprint density at radius 3 is 2.63 bits per heavy atom. The summed E-state index contributed by atoms with van der Waals surface area (Å²) in [7, 11) is 0. The van der Waals surface area contributed by atoms with Gasteiger partial charge < -0.3 is 10.3 Å². The first-order valence-corrected chi connectivity index (χ1v) is 7.65. The van der Waals surface area contributed by atoms with Crippen LogP contribution in [0, 0.1) is 5.92 Å². The monoisotopic (exact) mass is 263 g/mol. The average Bonchev–Trinajstić information content (AvgIpc) is 2.98. The van der Waals surface area contributed by atoms with E-state index >= 15 is 0 Å². The summed E-state index contributed by atoms with van der Waals surface area (Å²) < 4.78 is 5.56. The van der Waals surface area contributed by atoms with Crippen LogP contribution in [0.1, 0.15) is 76.9 Å². The second-order valence-corrected chi connectivity index (χ2v) is 7.05. The van der Waals surface area contributed by atoms with Gasteiger partial charge in [0, 0.05) is 5.41 Å². The van der Waals surface area contributed by atoms with E-state index in [1.54, 1.807) is 0 Å². The van der Waals surface area contributed by atoms with Gasteiger partial charge >= 0.3 is 0 Å². The molecular formula is C15H25N3O. The van der Waals surface area contributed by atoms with Gasteiger partial charge in [-0.2, -0.15) is 4.98 Å². The van der Waals surface area contributed by atoms with E-state index in [9.17, 15) is 0 Å². The van der Waals surface area contributed by atoms with Crippen LogP contribution in [0.2, 0.25) is 0 Å². The molecule has 106 valence electrons. The standard InChI is InChI=1S/C15H25N3O/c1-11-6-5-9-15(16,10-11)12-17-13(19-18-12)14(2)7-3-4-8-14/h11H,3-10,16H2,1-2H3. The Kier molecular flexibility index (Phi) is 3.16. The Morgan fingerprint density at radius 2 is 1.95 bits per heavy atom. The van der Waals surface area contributed by atoms with Gasteiger partial charge in [0.15, 0.2) is 5.82 Å². The quantitative estimate of drug-likeness (QED) is 0.889. The summed E-state index contributed by atoms with van der Waals surface area (Å²) in [4.78, 5) is 4.69. The van der Waals surface area contributed by atoms with Crippen LogP contribution < -0.4 is 5.73 Å². The van der Waals surface area contributed by atoms with E-state index in [4.69, 9.17) is 15.2 Å². The van der Waals surface area contributed by atoms with Gasteiger partial charge in [-0.3, -0.25) is 0 Å². The fourth-order valence-corrected chi connectivity index (χ4v) is 3.84. The molecule has 2 saturated carbocycles. The molecule has 2 aliphatic carbocycles. The molecular weight excluding hydrogens is 238 g/mol. The van der Waals surface area contributed by atoms with Crippen LogP contribution in [-0.4, -0.2) is 10.1 Å². The van der Waals surface area contributed by atoms with Crippen LogP contribution in [0.15, 0.2) is 4.52 Å². The molecule has 0 bridgehead atoms.